The standard InChI is InChI=1S/C7H6N4O/c12-7-6(1-2-8-11-7)5-3-9-10-4-5/h1-4H,(H,9,10)(H,11,12). The number of aromatic amines is 2. The van der Waals surface area contributed by atoms with Crippen molar-refractivity contribution in [2.24, 2.45) is 0 Å². The van der Waals surface area contributed by atoms with Crippen LogP contribution in [0.3, 0.4) is 0 Å². The molecule has 0 aliphatic heterocycles. The van der Waals surface area contributed by atoms with Crippen LogP contribution >= 0.6 is 0 Å². The first kappa shape index (κ1) is 6.78. The smallest absolute Gasteiger partial charge is 0.272 e. The van der Waals surface area contributed by atoms with Gasteiger partial charge in [-0.1, -0.05) is 0 Å². The maximum absolute atomic E-state index is 11.2. The highest BCUT2D eigenvalue weighted by Gasteiger charge is 2.01. The van der Waals surface area contributed by atoms with Crippen LogP contribution in [-0.4, -0.2) is 20.4 Å². The van der Waals surface area contributed by atoms with Crippen molar-refractivity contribution in [3.8, 4) is 11.1 Å². The Balaban J connectivity index is 2.63. The third kappa shape index (κ3) is 1.01. The minimum absolute atomic E-state index is 0.209. The van der Waals surface area contributed by atoms with Crippen molar-refractivity contribution in [3.63, 3.8) is 0 Å². The van der Waals surface area contributed by atoms with Gasteiger partial charge in [0.05, 0.1) is 11.8 Å². The lowest BCUT2D eigenvalue weighted by Crippen LogP contribution is -2.08. The first-order chi connectivity index (χ1) is 5.88. The molecule has 2 heterocycles. The van der Waals surface area contributed by atoms with Gasteiger partial charge in [-0.2, -0.15) is 10.2 Å². The van der Waals surface area contributed by atoms with E-state index in [-0.39, 0.29) is 5.56 Å². The summed E-state index contributed by atoms with van der Waals surface area (Å²) in [6.07, 6.45) is 4.78. The van der Waals surface area contributed by atoms with Crippen molar-refractivity contribution in [1.82, 2.24) is 20.4 Å². The number of nitrogens with zero attached hydrogens (tertiary/aromatic N) is 2. The average molecular weight is 162 g/mol. The summed E-state index contributed by atoms with van der Waals surface area (Å²) in [6, 6.07) is 1.64. The highest BCUT2D eigenvalue weighted by atomic mass is 16.1. The first-order valence-electron chi connectivity index (χ1n) is 3.41. The van der Waals surface area contributed by atoms with E-state index in [0.717, 1.165) is 5.56 Å². The van der Waals surface area contributed by atoms with E-state index < -0.39 is 0 Å². The summed E-state index contributed by atoms with van der Waals surface area (Å²) >= 11 is 0. The lowest BCUT2D eigenvalue weighted by atomic mass is 10.2. The topological polar surface area (TPSA) is 74.4 Å². The number of hydrogen-bond acceptors (Lipinski definition) is 3. The molecule has 0 unspecified atom stereocenters. The zero-order valence-electron chi connectivity index (χ0n) is 6.11. The van der Waals surface area contributed by atoms with E-state index in [1.54, 1.807) is 18.5 Å². The van der Waals surface area contributed by atoms with Gasteiger partial charge in [0.25, 0.3) is 5.56 Å². The Hall–Kier alpha value is -1.91. The van der Waals surface area contributed by atoms with Crippen LogP contribution in [0.5, 0.6) is 0 Å². The largest absolute Gasteiger partial charge is 0.285 e. The molecule has 0 amide bonds. The summed E-state index contributed by atoms with van der Waals surface area (Å²) in [5.41, 5.74) is 1.12. The molecule has 5 heteroatoms. The molecule has 0 spiro atoms. The van der Waals surface area contributed by atoms with Gasteiger partial charge in [-0.15, -0.1) is 0 Å². The van der Waals surface area contributed by atoms with E-state index in [4.69, 9.17) is 0 Å². The second-order valence-electron chi connectivity index (χ2n) is 2.29. The minimum Gasteiger partial charge on any atom is -0.285 e. The van der Waals surface area contributed by atoms with Crippen molar-refractivity contribution in [2.75, 3.05) is 0 Å². The normalized spacial score (nSPS) is 10.0. The molecule has 0 bridgehead atoms. The fourth-order valence-electron chi connectivity index (χ4n) is 0.969. The maximum atomic E-state index is 11.2. The molecule has 2 rings (SSSR count). The predicted molar refractivity (Wildman–Crippen MR) is 42.4 cm³/mol. The van der Waals surface area contributed by atoms with Crippen molar-refractivity contribution < 1.29 is 0 Å². The summed E-state index contributed by atoms with van der Waals surface area (Å²) in [5, 5.41) is 12.3. The molecule has 0 atom stereocenters. The quantitative estimate of drug-likeness (QED) is 0.627. The second kappa shape index (κ2) is 2.61. The zero-order valence-corrected chi connectivity index (χ0v) is 6.11. The van der Waals surface area contributed by atoms with Gasteiger partial charge >= 0.3 is 0 Å². The van der Waals surface area contributed by atoms with Gasteiger partial charge in [-0.05, 0) is 6.07 Å². The van der Waals surface area contributed by atoms with E-state index in [1.807, 2.05) is 0 Å². The molecule has 0 fully saturated rings. The van der Waals surface area contributed by atoms with Gasteiger partial charge in [0.15, 0.2) is 0 Å². The maximum Gasteiger partial charge on any atom is 0.272 e. The van der Waals surface area contributed by atoms with Crippen LogP contribution < -0.4 is 5.56 Å². The van der Waals surface area contributed by atoms with Gasteiger partial charge in [-0.3, -0.25) is 9.89 Å². The van der Waals surface area contributed by atoms with Crippen molar-refractivity contribution in [1.29, 1.82) is 0 Å². The average Bonchev–Trinajstić information content (AvgIpc) is 2.57. The van der Waals surface area contributed by atoms with E-state index in [2.05, 4.69) is 20.4 Å². The molecule has 0 saturated heterocycles. The summed E-state index contributed by atoms with van der Waals surface area (Å²) in [4.78, 5) is 11.2. The molecule has 12 heavy (non-hydrogen) atoms. The fourth-order valence-corrected chi connectivity index (χ4v) is 0.969. The Morgan fingerprint density at radius 1 is 1.33 bits per heavy atom. The van der Waals surface area contributed by atoms with Crippen LogP contribution in [0.25, 0.3) is 11.1 Å². The number of nitrogens with one attached hydrogen (secondary N) is 2. The summed E-state index contributed by atoms with van der Waals surface area (Å²) in [7, 11) is 0. The van der Waals surface area contributed by atoms with E-state index >= 15 is 0 Å². The Bertz CT molecular complexity index is 417. The number of H-pyrrole nitrogens is 2. The lowest BCUT2D eigenvalue weighted by molar-refractivity contribution is 0.991. The number of rotatable bonds is 1. The molecule has 0 aromatic carbocycles. The third-order valence-electron chi connectivity index (χ3n) is 1.54. The summed E-state index contributed by atoms with van der Waals surface area (Å²) in [6.45, 7) is 0. The second-order valence-corrected chi connectivity index (χ2v) is 2.29. The summed E-state index contributed by atoms with van der Waals surface area (Å²) < 4.78 is 0. The Morgan fingerprint density at radius 2 is 2.25 bits per heavy atom. The number of aromatic nitrogens is 4. The monoisotopic (exact) mass is 162 g/mol. The van der Waals surface area contributed by atoms with Crippen LogP contribution in [-0.2, 0) is 0 Å². The van der Waals surface area contributed by atoms with Crippen LogP contribution in [0.1, 0.15) is 0 Å². The predicted octanol–water partition coefficient (Wildman–Crippen LogP) is 0.160. The van der Waals surface area contributed by atoms with Gasteiger partial charge in [0.2, 0.25) is 0 Å². The molecule has 60 valence electrons. The molecule has 0 saturated carbocycles. The first-order valence-corrected chi connectivity index (χ1v) is 3.41. The highest BCUT2D eigenvalue weighted by Crippen LogP contribution is 2.09. The fraction of sp³-hybridized carbons (Fsp3) is 0. The van der Waals surface area contributed by atoms with Gasteiger partial charge in [0, 0.05) is 18.0 Å². The van der Waals surface area contributed by atoms with Crippen molar-refractivity contribution in [3.05, 3.63) is 35.0 Å². The SMILES string of the molecule is O=c1[nH]nccc1-c1cn[nH]c1. The highest BCUT2D eigenvalue weighted by molar-refractivity contribution is 5.59. The van der Waals surface area contributed by atoms with Crippen molar-refractivity contribution in [2.45, 2.75) is 0 Å². The van der Waals surface area contributed by atoms with Gasteiger partial charge in [0.1, 0.15) is 0 Å². The Morgan fingerprint density at radius 3 is 2.92 bits per heavy atom. The van der Waals surface area contributed by atoms with Gasteiger partial charge < -0.3 is 0 Å². The zero-order chi connectivity index (χ0) is 8.39. The molecule has 5 nitrogen and oxygen atoms in total. The third-order valence-corrected chi connectivity index (χ3v) is 1.54. The van der Waals surface area contributed by atoms with Crippen LogP contribution in [0.2, 0.25) is 0 Å². The van der Waals surface area contributed by atoms with E-state index in [0.29, 0.717) is 5.56 Å². The molecular formula is C7H6N4O. The Labute approximate surface area is 67.5 Å². The molecule has 2 N–H and O–H groups in total. The van der Waals surface area contributed by atoms with Gasteiger partial charge in [-0.25, -0.2) is 5.10 Å². The van der Waals surface area contributed by atoms with Crippen LogP contribution in [0.4, 0.5) is 0 Å². The van der Waals surface area contributed by atoms with E-state index in [9.17, 15) is 4.79 Å². The molecule has 2 aromatic rings. The lowest BCUT2D eigenvalue weighted by Gasteiger charge is -1.91. The molecule has 2 aromatic heterocycles. The van der Waals surface area contributed by atoms with E-state index in [1.165, 1.54) is 6.20 Å². The number of hydrogen-bond donors (Lipinski definition) is 2. The van der Waals surface area contributed by atoms with Crippen molar-refractivity contribution >= 4 is 0 Å². The molecular weight excluding hydrogens is 156 g/mol. The minimum atomic E-state index is -0.209. The summed E-state index contributed by atoms with van der Waals surface area (Å²) in [5.74, 6) is 0. The van der Waals surface area contributed by atoms with Crippen LogP contribution in [0, 0.1) is 0 Å². The van der Waals surface area contributed by atoms with Crippen LogP contribution in [0.15, 0.2) is 29.5 Å². The molecule has 0 radical (unpaired) electrons. The molecule has 0 aliphatic rings. The molecule has 0 aliphatic carbocycles. The Kier molecular flexibility index (Phi) is 1.48.